The van der Waals surface area contributed by atoms with Gasteiger partial charge in [-0.05, 0) is 24.3 Å². The van der Waals surface area contributed by atoms with E-state index in [0.717, 1.165) is 21.8 Å². The molecular formula is C21H16N4O2. The summed E-state index contributed by atoms with van der Waals surface area (Å²) in [4.78, 5) is 32.9. The normalized spacial score (nSPS) is 10.7. The molecule has 0 aliphatic heterocycles. The van der Waals surface area contributed by atoms with Gasteiger partial charge in [0.15, 0.2) is 0 Å². The van der Waals surface area contributed by atoms with Crippen LogP contribution in [0.1, 0.15) is 6.42 Å². The molecule has 0 bridgehead atoms. The first-order chi connectivity index (χ1) is 13.2. The molecule has 0 aliphatic carbocycles. The Bertz CT molecular complexity index is 1070. The Morgan fingerprint density at radius 2 is 1.15 bits per heavy atom. The molecule has 0 fully saturated rings. The van der Waals surface area contributed by atoms with Crippen molar-refractivity contribution in [1.82, 2.24) is 9.97 Å². The van der Waals surface area contributed by atoms with Gasteiger partial charge in [-0.2, -0.15) is 0 Å². The standard InChI is InChI=1S/C21H16N4O2/c26-20(24-16-9-14-5-1-3-7-18(14)22-12-16)11-21(27)25-17-10-15-6-2-4-8-19(15)23-13-17/h1-10,12-13H,11H2,(H,24,26)(H,25,27). The fraction of sp³-hybridized carbons (Fsp3) is 0.0476. The summed E-state index contributed by atoms with van der Waals surface area (Å²) < 4.78 is 0. The molecule has 27 heavy (non-hydrogen) atoms. The minimum atomic E-state index is -0.404. The van der Waals surface area contributed by atoms with Crippen molar-refractivity contribution < 1.29 is 9.59 Å². The van der Waals surface area contributed by atoms with Gasteiger partial charge in [0, 0.05) is 10.8 Å². The highest BCUT2D eigenvalue weighted by atomic mass is 16.2. The molecule has 2 aromatic carbocycles. The first kappa shape index (κ1) is 16.7. The average molecular weight is 356 g/mol. The van der Waals surface area contributed by atoms with Crippen LogP contribution >= 0.6 is 0 Å². The van der Waals surface area contributed by atoms with E-state index in [0.29, 0.717) is 11.4 Å². The molecule has 6 nitrogen and oxygen atoms in total. The molecule has 4 rings (SSSR count). The highest BCUT2D eigenvalue weighted by molar-refractivity contribution is 6.08. The number of carbonyl (C=O) groups excluding carboxylic acids is 2. The molecule has 2 amide bonds. The smallest absolute Gasteiger partial charge is 0.233 e. The van der Waals surface area contributed by atoms with Gasteiger partial charge in [-0.15, -0.1) is 0 Å². The summed E-state index contributed by atoms with van der Waals surface area (Å²) in [6, 6.07) is 18.9. The molecule has 0 unspecified atom stereocenters. The number of hydrogen-bond donors (Lipinski definition) is 2. The molecular weight excluding hydrogens is 340 g/mol. The van der Waals surface area contributed by atoms with E-state index in [2.05, 4.69) is 20.6 Å². The van der Waals surface area contributed by atoms with Crippen LogP contribution in [0.5, 0.6) is 0 Å². The van der Waals surface area contributed by atoms with Gasteiger partial charge in [0.2, 0.25) is 11.8 Å². The molecule has 0 saturated carbocycles. The second-order valence-electron chi connectivity index (χ2n) is 6.11. The fourth-order valence-corrected chi connectivity index (χ4v) is 2.83. The Balaban J connectivity index is 1.39. The number of nitrogens with zero attached hydrogens (tertiary/aromatic N) is 2. The van der Waals surface area contributed by atoms with E-state index in [9.17, 15) is 9.59 Å². The topological polar surface area (TPSA) is 84.0 Å². The Hall–Kier alpha value is -3.80. The Morgan fingerprint density at radius 3 is 1.63 bits per heavy atom. The van der Waals surface area contributed by atoms with Crippen LogP contribution in [-0.2, 0) is 9.59 Å². The van der Waals surface area contributed by atoms with Gasteiger partial charge in [-0.3, -0.25) is 19.6 Å². The number of carbonyl (C=O) groups is 2. The van der Waals surface area contributed by atoms with E-state index >= 15 is 0 Å². The second kappa shape index (κ2) is 7.21. The number of para-hydroxylation sites is 2. The number of hydrogen-bond acceptors (Lipinski definition) is 4. The second-order valence-corrected chi connectivity index (χ2v) is 6.11. The number of anilines is 2. The zero-order valence-corrected chi connectivity index (χ0v) is 14.3. The van der Waals surface area contributed by atoms with Gasteiger partial charge in [-0.1, -0.05) is 36.4 Å². The number of benzene rings is 2. The van der Waals surface area contributed by atoms with Gasteiger partial charge in [0.25, 0.3) is 0 Å². The van der Waals surface area contributed by atoms with Gasteiger partial charge in [0.1, 0.15) is 6.42 Å². The van der Waals surface area contributed by atoms with Gasteiger partial charge < -0.3 is 10.6 Å². The van der Waals surface area contributed by atoms with Crippen molar-refractivity contribution in [2.24, 2.45) is 0 Å². The molecule has 2 heterocycles. The third kappa shape index (κ3) is 3.90. The van der Waals surface area contributed by atoms with Crippen molar-refractivity contribution in [3.05, 3.63) is 73.1 Å². The summed E-state index contributed by atoms with van der Waals surface area (Å²) in [5.41, 5.74) is 2.80. The lowest BCUT2D eigenvalue weighted by Crippen LogP contribution is -2.21. The number of aromatic nitrogens is 2. The predicted molar refractivity (Wildman–Crippen MR) is 105 cm³/mol. The van der Waals surface area contributed by atoms with E-state index in [1.807, 2.05) is 60.7 Å². The first-order valence-corrected chi connectivity index (χ1v) is 8.47. The van der Waals surface area contributed by atoms with Crippen molar-refractivity contribution in [1.29, 1.82) is 0 Å². The average Bonchev–Trinajstić information content (AvgIpc) is 2.67. The maximum atomic E-state index is 12.1. The zero-order chi connectivity index (χ0) is 18.6. The molecule has 0 aliphatic rings. The van der Waals surface area contributed by atoms with Gasteiger partial charge in [-0.25, -0.2) is 0 Å². The predicted octanol–water partition coefficient (Wildman–Crippen LogP) is 3.75. The van der Waals surface area contributed by atoms with Crippen LogP contribution in [0.15, 0.2) is 73.1 Å². The number of nitrogens with one attached hydrogen (secondary N) is 2. The lowest BCUT2D eigenvalue weighted by molar-refractivity contribution is -0.123. The van der Waals surface area contributed by atoms with Crippen molar-refractivity contribution in [3.8, 4) is 0 Å². The maximum absolute atomic E-state index is 12.1. The van der Waals surface area contributed by atoms with Crippen LogP contribution in [0.4, 0.5) is 11.4 Å². The van der Waals surface area contributed by atoms with Crippen LogP contribution in [0, 0.1) is 0 Å². The molecule has 6 heteroatoms. The number of amides is 2. The molecule has 2 N–H and O–H groups in total. The summed E-state index contributed by atoms with van der Waals surface area (Å²) in [6.07, 6.45) is 2.86. The molecule has 0 saturated heterocycles. The van der Waals surface area contributed by atoms with E-state index in [1.54, 1.807) is 12.4 Å². The SMILES string of the molecule is O=C(CC(=O)Nc1cnc2ccccc2c1)Nc1cnc2ccccc2c1. The third-order valence-electron chi connectivity index (χ3n) is 4.07. The van der Waals surface area contributed by atoms with E-state index in [-0.39, 0.29) is 6.42 Å². The van der Waals surface area contributed by atoms with Gasteiger partial charge in [0.05, 0.1) is 34.8 Å². The summed E-state index contributed by atoms with van der Waals surface area (Å²) in [5.74, 6) is -0.809. The van der Waals surface area contributed by atoms with Gasteiger partial charge >= 0.3 is 0 Å². The van der Waals surface area contributed by atoms with Crippen LogP contribution in [-0.4, -0.2) is 21.8 Å². The summed E-state index contributed by atoms with van der Waals surface area (Å²) in [6.45, 7) is 0. The quantitative estimate of drug-likeness (QED) is 0.546. The van der Waals surface area contributed by atoms with Crippen LogP contribution in [0.3, 0.4) is 0 Å². The van der Waals surface area contributed by atoms with E-state index < -0.39 is 11.8 Å². The highest BCUT2D eigenvalue weighted by Gasteiger charge is 2.11. The zero-order valence-electron chi connectivity index (χ0n) is 14.3. The van der Waals surface area contributed by atoms with Crippen molar-refractivity contribution in [2.45, 2.75) is 6.42 Å². The fourth-order valence-electron chi connectivity index (χ4n) is 2.83. The van der Waals surface area contributed by atoms with Crippen LogP contribution in [0.25, 0.3) is 21.8 Å². The largest absolute Gasteiger partial charge is 0.324 e. The molecule has 0 spiro atoms. The first-order valence-electron chi connectivity index (χ1n) is 8.47. The summed E-state index contributed by atoms with van der Waals surface area (Å²) in [5, 5.41) is 7.24. The van der Waals surface area contributed by atoms with E-state index in [1.165, 1.54) is 0 Å². The number of rotatable bonds is 4. The minimum Gasteiger partial charge on any atom is -0.324 e. The van der Waals surface area contributed by atoms with Crippen molar-refractivity contribution in [2.75, 3.05) is 10.6 Å². The Labute approximate surface area is 155 Å². The summed E-state index contributed by atoms with van der Waals surface area (Å²) >= 11 is 0. The van der Waals surface area contributed by atoms with Crippen molar-refractivity contribution >= 4 is 45.0 Å². The molecule has 0 radical (unpaired) electrons. The minimum absolute atomic E-state index is 0.292. The summed E-state index contributed by atoms with van der Waals surface area (Å²) in [7, 11) is 0. The Morgan fingerprint density at radius 1 is 0.704 bits per heavy atom. The van der Waals surface area contributed by atoms with Crippen molar-refractivity contribution in [3.63, 3.8) is 0 Å². The lowest BCUT2D eigenvalue weighted by Gasteiger charge is -2.08. The highest BCUT2D eigenvalue weighted by Crippen LogP contribution is 2.17. The lowest BCUT2D eigenvalue weighted by atomic mass is 10.2. The monoisotopic (exact) mass is 356 g/mol. The maximum Gasteiger partial charge on any atom is 0.233 e. The number of pyridine rings is 2. The van der Waals surface area contributed by atoms with Crippen LogP contribution < -0.4 is 10.6 Å². The third-order valence-corrected chi connectivity index (χ3v) is 4.07. The number of fused-ring (bicyclic) bond motifs is 2. The molecule has 132 valence electrons. The molecule has 2 aromatic heterocycles. The Kier molecular flexibility index (Phi) is 4.45. The van der Waals surface area contributed by atoms with Crippen LogP contribution in [0.2, 0.25) is 0 Å². The molecule has 4 aromatic rings. The molecule has 0 atom stereocenters. The van der Waals surface area contributed by atoms with E-state index in [4.69, 9.17) is 0 Å².